The minimum absolute atomic E-state index is 1.15. The lowest BCUT2D eigenvalue weighted by Gasteiger charge is -2.12. The number of nitrogens with zero attached hydrogens (tertiary/aromatic N) is 2. The summed E-state index contributed by atoms with van der Waals surface area (Å²) in [6.07, 6.45) is 0. The van der Waals surface area contributed by atoms with E-state index in [9.17, 15) is 0 Å². The van der Waals surface area contributed by atoms with E-state index in [2.05, 4.69) is 191 Å². The molecule has 10 rings (SSSR count). The molecule has 2 heteroatoms. The molecule has 0 unspecified atom stereocenters. The zero-order valence-electron chi connectivity index (χ0n) is 26.2. The van der Waals surface area contributed by atoms with Crippen molar-refractivity contribution in [3.63, 3.8) is 0 Å². The van der Waals surface area contributed by atoms with Crippen molar-refractivity contribution in [2.24, 2.45) is 0 Å². The molecule has 0 bridgehead atoms. The Bertz CT molecular complexity index is 2800. The third-order valence-corrected chi connectivity index (χ3v) is 9.89. The van der Waals surface area contributed by atoms with Gasteiger partial charge in [0.15, 0.2) is 0 Å². The van der Waals surface area contributed by atoms with Gasteiger partial charge in [-0.25, -0.2) is 0 Å². The molecule has 0 aliphatic carbocycles. The lowest BCUT2D eigenvalue weighted by Crippen LogP contribution is -1.96. The summed E-state index contributed by atoms with van der Waals surface area (Å²) < 4.78 is 4.88. The zero-order chi connectivity index (χ0) is 31.6. The second-order valence-corrected chi connectivity index (χ2v) is 12.6. The first-order chi connectivity index (χ1) is 23.8. The highest BCUT2D eigenvalue weighted by Crippen LogP contribution is 2.42. The van der Waals surface area contributed by atoms with Crippen LogP contribution in [-0.2, 0) is 0 Å². The molecule has 0 amide bonds. The van der Waals surface area contributed by atoms with Crippen molar-refractivity contribution in [2.45, 2.75) is 0 Å². The van der Waals surface area contributed by atoms with Gasteiger partial charge in [-0.2, -0.15) is 0 Å². The largest absolute Gasteiger partial charge is 0.309 e. The van der Waals surface area contributed by atoms with Crippen LogP contribution in [-0.4, -0.2) is 9.13 Å². The molecule has 10 aromatic rings. The molecule has 48 heavy (non-hydrogen) atoms. The maximum absolute atomic E-state index is 2.44. The van der Waals surface area contributed by atoms with Gasteiger partial charge in [0.05, 0.1) is 22.1 Å². The molecular weight excluding hydrogens is 581 g/mol. The van der Waals surface area contributed by atoms with Crippen molar-refractivity contribution < 1.29 is 0 Å². The Morgan fingerprint density at radius 2 is 0.854 bits per heavy atom. The van der Waals surface area contributed by atoms with E-state index in [0.717, 1.165) is 11.4 Å². The molecule has 0 aliphatic rings. The standard InChI is InChI=1S/C46H30N2/c1-3-12-31(13-4-1)32-22-24-33(25-23-32)35-15-11-18-37(28-35)48-42-21-10-9-20-39(42)40-29-41-45(30-44(40)48)47(36-16-5-2-6-17-36)43-27-26-34-14-7-8-19-38(34)46(41)43/h1-30H. The molecular formula is C46H30N2. The fraction of sp³-hybridized carbons (Fsp3) is 0. The highest BCUT2D eigenvalue weighted by atomic mass is 15.0. The van der Waals surface area contributed by atoms with E-state index in [0.29, 0.717) is 0 Å². The van der Waals surface area contributed by atoms with Crippen molar-refractivity contribution in [3.8, 4) is 33.6 Å². The van der Waals surface area contributed by atoms with Crippen LogP contribution in [0.2, 0.25) is 0 Å². The van der Waals surface area contributed by atoms with Crippen LogP contribution in [0.15, 0.2) is 182 Å². The zero-order valence-corrected chi connectivity index (χ0v) is 26.2. The van der Waals surface area contributed by atoms with Crippen LogP contribution in [0.5, 0.6) is 0 Å². The fourth-order valence-corrected chi connectivity index (χ4v) is 7.69. The maximum atomic E-state index is 2.44. The van der Waals surface area contributed by atoms with Gasteiger partial charge in [0, 0.05) is 32.9 Å². The van der Waals surface area contributed by atoms with Gasteiger partial charge in [0.25, 0.3) is 0 Å². The van der Waals surface area contributed by atoms with E-state index >= 15 is 0 Å². The van der Waals surface area contributed by atoms with Crippen molar-refractivity contribution in [2.75, 3.05) is 0 Å². The van der Waals surface area contributed by atoms with E-state index in [-0.39, 0.29) is 0 Å². The normalized spacial score (nSPS) is 11.8. The predicted molar refractivity (Wildman–Crippen MR) is 203 cm³/mol. The summed E-state index contributed by atoms with van der Waals surface area (Å²) in [6, 6.07) is 66.2. The SMILES string of the molecule is c1ccc(-c2ccc(-c3cccc(-n4c5ccccc5c5cc6c7c8ccccc8ccc7n(-c7ccccc7)c6cc54)c3)cc2)cc1. The van der Waals surface area contributed by atoms with Crippen molar-refractivity contribution >= 4 is 54.4 Å². The van der Waals surface area contributed by atoms with E-state index in [4.69, 9.17) is 0 Å². The van der Waals surface area contributed by atoms with Crippen molar-refractivity contribution in [1.82, 2.24) is 9.13 Å². The minimum atomic E-state index is 1.15. The van der Waals surface area contributed by atoms with Gasteiger partial charge in [0.1, 0.15) is 0 Å². The van der Waals surface area contributed by atoms with Gasteiger partial charge in [0.2, 0.25) is 0 Å². The van der Waals surface area contributed by atoms with E-state index in [1.807, 2.05) is 0 Å². The highest BCUT2D eigenvalue weighted by Gasteiger charge is 2.20. The van der Waals surface area contributed by atoms with Gasteiger partial charge in [-0.1, -0.05) is 133 Å². The van der Waals surface area contributed by atoms with E-state index in [1.165, 1.54) is 76.6 Å². The molecule has 0 spiro atoms. The van der Waals surface area contributed by atoms with E-state index < -0.39 is 0 Å². The minimum Gasteiger partial charge on any atom is -0.309 e. The number of para-hydroxylation sites is 2. The molecule has 2 heterocycles. The van der Waals surface area contributed by atoms with Crippen LogP contribution in [0.4, 0.5) is 0 Å². The second kappa shape index (κ2) is 10.6. The number of benzene rings is 8. The van der Waals surface area contributed by atoms with Crippen LogP contribution < -0.4 is 0 Å². The summed E-state index contributed by atoms with van der Waals surface area (Å²) in [6.45, 7) is 0. The Labute approximate surface area is 278 Å². The maximum Gasteiger partial charge on any atom is 0.0562 e. The molecule has 0 atom stereocenters. The van der Waals surface area contributed by atoms with Gasteiger partial charge in [-0.05, 0) is 81.6 Å². The smallest absolute Gasteiger partial charge is 0.0562 e. The first kappa shape index (κ1) is 26.8. The molecule has 0 radical (unpaired) electrons. The Morgan fingerprint density at radius 3 is 1.67 bits per heavy atom. The monoisotopic (exact) mass is 610 g/mol. The van der Waals surface area contributed by atoms with Gasteiger partial charge in [-0.15, -0.1) is 0 Å². The number of aromatic nitrogens is 2. The Kier molecular flexibility index (Phi) is 5.91. The summed E-state index contributed by atoms with van der Waals surface area (Å²) in [7, 11) is 0. The molecule has 2 aromatic heterocycles. The van der Waals surface area contributed by atoms with E-state index in [1.54, 1.807) is 0 Å². The Morgan fingerprint density at radius 1 is 0.271 bits per heavy atom. The lowest BCUT2D eigenvalue weighted by atomic mass is 10.00. The second-order valence-electron chi connectivity index (χ2n) is 12.6. The van der Waals surface area contributed by atoms with Crippen LogP contribution in [0, 0.1) is 0 Å². The third kappa shape index (κ3) is 4.06. The molecule has 0 N–H and O–H groups in total. The number of fused-ring (bicyclic) bond motifs is 8. The predicted octanol–water partition coefficient (Wildman–Crippen LogP) is 12.4. The number of rotatable bonds is 4. The quantitative estimate of drug-likeness (QED) is 0.188. The summed E-state index contributed by atoms with van der Waals surface area (Å²) in [5.74, 6) is 0. The van der Waals surface area contributed by atoms with Crippen molar-refractivity contribution in [3.05, 3.63) is 182 Å². The average molecular weight is 611 g/mol. The first-order valence-electron chi connectivity index (χ1n) is 16.5. The summed E-state index contributed by atoms with van der Waals surface area (Å²) in [5.41, 5.74) is 12.0. The van der Waals surface area contributed by atoms with Crippen LogP contribution in [0.3, 0.4) is 0 Å². The summed E-state index contributed by atoms with van der Waals surface area (Å²) in [4.78, 5) is 0. The average Bonchev–Trinajstić information content (AvgIpc) is 3.67. The molecule has 8 aromatic carbocycles. The highest BCUT2D eigenvalue weighted by molar-refractivity contribution is 6.25. The topological polar surface area (TPSA) is 9.86 Å². The molecule has 0 fully saturated rings. The van der Waals surface area contributed by atoms with Crippen LogP contribution in [0.1, 0.15) is 0 Å². The molecule has 0 saturated carbocycles. The molecule has 224 valence electrons. The Hall–Kier alpha value is -6.38. The summed E-state index contributed by atoms with van der Waals surface area (Å²) in [5, 5.41) is 7.63. The van der Waals surface area contributed by atoms with Gasteiger partial charge in [-0.3, -0.25) is 0 Å². The van der Waals surface area contributed by atoms with Crippen LogP contribution in [0.25, 0.3) is 88.0 Å². The molecule has 2 nitrogen and oxygen atoms in total. The lowest BCUT2D eigenvalue weighted by molar-refractivity contribution is 1.17. The van der Waals surface area contributed by atoms with Gasteiger partial charge < -0.3 is 9.13 Å². The van der Waals surface area contributed by atoms with Crippen LogP contribution >= 0.6 is 0 Å². The molecule has 0 aliphatic heterocycles. The molecule has 0 saturated heterocycles. The number of hydrogen-bond acceptors (Lipinski definition) is 0. The van der Waals surface area contributed by atoms with Crippen molar-refractivity contribution in [1.29, 1.82) is 0 Å². The number of hydrogen-bond donors (Lipinski definition) is 0. The third-order valence-electron chi connectivity index (χ3n) is 9.89. The summed E-state index contributed by atoms with van der Waals surface area (Å²) >= 11 is 0. The Balaban J connectivity index is 1.24. The first-order valence-corrected chi connectivity index (χ1v) is 16.5. The van der Waals surface area contributed by atoms with Gasteiger partial charge >= 0.3 is 0 Å². The fourth-order valence-electron chi connectivity index (χ4n) is 7.69.